The van der Waals surface area contributed by atoms with Crippen LogP contribution in [0, 0.1) is 29.6 Å². The van der Waals surface area contributed by atoms with E-state index < -0.39 is 71.5 Å². The number of carbonyl (C=O) groups is 1. The second-order valence-corrected chi connectivity index (χ2v) is 21.0. The van der Waals surface area contributed by atoms with Crippen molar-refractivity contribution in [1.29, 1.82) is 10.5 Å². The lowest BCUT2D eigenvalue weighted by atomic mass is 10.1. The Labute approximate surface area is 406 Å². The van der Waals surface area contributed by atoms with Crippen molar-refractivity contribution < 1.29 is 56.7 Å². The molecule has 7 N–H and O–H groups in total. The van der Waals surface area contributed by atoms with E-state index in [1.165, 1.54) is 61.5 Å². The van der Waals surface area contributed by atoms with E-state index in [4.69, 9.17) is 0 Å². The summed E-state index contributed by atoms with van der Waals surface area (Å²) in [7, 11) is -19.1. The molecule has 0 aliphatic rings. The molecule has 360 valence electrons. The number of amides is 1. The Bertz CT molecular complexity index is 3840. The molecule has 29 heteroatoms. The molecule has 7 aromatic rings. The number of azo groups is 2. The highest BCUT2D eigenvalue weighted by atomic mass is 32.2. The van der Waals surface area contributed by atoms with Gasteiger partial charge in [-0.3, -0.25) is 23.0 Å². The number of carbonyl (C=O) groups excluding carboxylic acids is 1. The smallest absolute Gasteiger partial charge is 0.294 e. The molecule has 0 radical (unpaired) electrons. The van der Waals surface area contributed by atoms with Crippen molar-refractivity contribution in [3.8, 4) is 23.4 Å². The van der Waals surface area contributed by atoms with Gasteiger partial charge in [0.15, 0.2) is 16.6 Å². The molecule has 0 bridgehead atoms. The third-order valence-electron chi connectivity index (χ3n) is 9.62. The average Bonchev–Trinajstić information content (AvgIpc) is 3.73. The molecule has 24 nitrogen and oxygen atoms in total. The molecule has 2 aromatic heterocycles. The Hall–Kier alpha value is -8.23. The first-order valence-electron chi connectivity index (χ1n) is 19.4. The van der Waals surface area contributed by atoms with Crippen LogP contribution in [-0.2, 0) is 40.5 Å². The minimum absolute atomic E-state index is 0.0264. The molecule has 0 atom stereocenters. The van der Waals surface area contributed by atoms with E-state index in [0.29, 0.717) is 23.8 Å². The van der Waals surface area contributed by atoms with Gasteiger partial charge in [0.05, 0.1) is 30.7 Å². The van der Waals surface area contributed by atoms with E-state index in [0.717, 1.165) is 35.6 Å². The van der Waals surface area contributed by atoms with E-state index in [2.05, 4.69) is 46.4 Å². The van der Waals surface area contributed by atoms with Crippen LogP contribution < -0.4 is 16.0 Å². The van der Waals surface area contributed by atoms with Gasteiger partial charge in [0.2, 0.25) is 5.13 Å². The Morgan fingerprint density at radius 2 is 1.11 bits per heavy atom. The summed E-state index contributed by atoms with van der Waals surface area (Å²) in [6, 6.07) is 27.7. The molecule has 0 saturated carbocycles. The minimum Gasteiger partial charge on any atom is -0.339 e. The highest BCUT2D eigenvalue weighted by Crippen LogP contribution is 2.43. The summed E-state index contributed by atoms with van der Waals surface area (Å²) in [5.74, 6) is -1.13. The standard InChI is InChI=1S/C42H29N11O13S5/c1-23-34(22-44)38(45-27-10-14-30(15-11-27)68(55,56)57)49-39(46-28-12-16-31(17-13-28)69(58,59)60)36(23)51-53-42-48-37(41(67-42)52-50-35-5-3-2-4-25(35)21-43)24-6-8-29(9-7-24)47-40(54)26-18-32(70(61,62)63)20-33(19-26)71(64,65)66/h2-20H,1H3,(H,47,54)(H2,45,46,49)(H,55,56,57)(H,58,59,60)(H,61,62,63)(H,64,65,66)/b52-50?,53-51+. The third kappa shape index (κ3) is 12.1. The van der Waals surface area contributed by atoms with Crippen molar-refractivity contribution in [3.63, 3.8) is 0 Å². The molecular formula is C42H29N11O13S5. The van der Waals surface area contributed by atoms with Crippen LogP contribution in [0.25, 0.3) is 11.3 Å². The number of thiazole rings is 1. The van der Waals surface area contributed by atoms with E-state index in [1.54, 1.807) is 18.2 Å². The maximum absolute atomic E-state index is 13.2. The van der Waals surface area contributed by atoms with Crippen molar-refractivity contribution in [3.05, 3.63) is 138 Å². The number of nitrogens with one attached hydrogen (secondary N) is 3. The van der Waals surface area contributed by atoms with Gasteiger partial charge in [-0.2, -0.15) is 44.2 Å². The van der Waals surface area contributed by atoms with Crippen molar-refractivity contribution in [2.24, 2.45) is 20.5 Å². The van der Waals surface area contributed by atoms with Gasteiger partial charge in [-0.15, -0.1) is 20.5 Å². The summed E-state index contributed by atoms with van der Waals surface area (Å²) in [5, 5.41) is 45.8. The fourth-order valence-electron chi connectivity index (χ4n) is 6.19. The highest BCUT2D eigenvalue weighted by molar-refractivity contribution is 7.87. The zero-order valence-electron chi connectivity index (χ0n) is 35.6. The number of nitrogens with zero attached hydrogens (tertiary/aromatic N) is 8. The van der Waals surface area contributed by atoms with Crippen LogP contribution in [0.5, 0.6) is 0 Å². The first-order valence-corrected chi connectivity index (χ1v) is 26.0. The lowest BCUT2D eigenvalue weighted by molar-refractivity contribution is 0.102. The number of rotatable bonds is 15. The quantitative estimate of drug-likeness (QED) is 0.0372. The van der Waals surface area contributed by atoms with Crippen LogP contribution in [-0.4, -0.2) is 67.8 Å². The number of pyridine rings is 1. The molecule has 0 aliphatic carbocycles. The summed E-state index contributed by atoms with van der Waals surface area (Å²) in [6.45, 7) is 1.52. The van der Waals surface area contributed by atoms with E-state index in [9.17, 15) is 67.2 Å². The highest BCUT2D eigenvalue weighted by Gasteiger charge is 2.23. The molecule has 0 unspecified atom stereocenters. The van der Waals surface area contributed by atoms with Gasteiger partial charge in [0.1, 0.15) is 29.2 Å². The van der Waals surface area contributed by atoms with Crippen LogP contribution in [0.3, 0.4) is 0 Å². The molecule has 0 spiro atoms. The summed E-state index contributed by atoms with van der Waals surface area (Å²) in [5.41, 5.74) is 1.08. The average molecular weight is 1060 g/mol. The molecule has 71 heavy (non-hydrogen) atoms. The monoisotopic (exact) mass is 1060 g/mol. The van der Waals surface area contributed by atoms with Gasteiger partial charge in [-0.25, -0.2) is 9.97 Å². The molecular weight excluding hydrogens is 1030 g/mol. The second kappa shape index (κ2) is 20.0. The molecule has 1 amide bonds. The van der Waals surface area contributed by atoms with Crippen LogP contribution in [0.4, 0.5) is 50.2 Å². The zero-order chi connectivity index (χ0) is 51.5. The van der Waals surface area contributed by atoms with Crippen LogP contribution >= 0.6 is 11.3 Å². The Kier molecular flexibility index (Phi) is 14.3. The maximum atomic E-state index is 13.2. The fourth-order valence-corrected chi connectivity index (χ4v) is 9.06. The van der Waals surface area contributed by atoms with Crippen molar-refractivity contribution >= 4 is 108 Å². The van der Waals surface area contributed by atoms with Gasteiger partial charge in [-0.1, -0.05) is 35.6 Å². The first kappa shape index (κ1) is 50.6. The van der Waals surface area contributed by atoms with Gasteiger partial charge in [0.25, 0.3) is 46.4 Å². The summed E-state index contributed by atoms with van der Waals surface area (Å²) >= 11 is 0.879. The largest absolute Gasteiger partial charge is 0.339 e. The second-order valence-electron chi connectivity index (χ2n) is 14.4. The predicted octanol–water partition coefficient (Wildman–Crippen LogP) is 8.81. The number of hydrogen-bond acceptors (Lipinski definition) is 20. The van der Waals surface area contributed by atoms with Crippen LogP contribution in [0.1, 0.15) is 27.0 Å². The summed E-state index contributed by atoms with van der Waals surface area (Å²) in [4.78, 5) is 19.6. The number of anilines is 5. The Morgan fingerprint density at radius 1 is 0.592 bits per heavy atom. The number of nitriles is 2. The Morgan fingerprint density at radius 3 is 1.63 bits per heavy atom. The molecule has 0 fully saturated rings. The van der Waals surface area contributed by atoms with Crippen molar-refractivity contribution in [2.75, 3.05) is 16.0 Å². The van der Waals surface area contributed by atoms with Gasteiger partial charge >= 0.3 is 0 Å². The summed E-state index contributed by atoms with van der Waals surface area (Å²) < 4.78 is 132. The van der Waals surface area contributed by atoms with Crippen molar-refractivity contribution in [2.45, 2.75) is 26.5 Å². The molecule has 0 aliphatic heterocycles. The number of hydrogen-bond donors (Lipinski definition) is 7. The fraction of sp³-hybridized carbons (Fsp3) is 0.0238. The van der Waals surface area contributed by atoms with Gasteiger partial charge < -0.3 is 16.0 Å². The number of benzene rings is 5. The minimum atomic E-state index is -5.02. The zero-order valence-corrected chi connectivity index (χ0v) is 39.6. The van der Waals surface area contributed by atoms with E-state index in [1.807, 2.05) is 12.1 Å². The first-order chi connectivity index (χ1) is 33.4. The van der Waals surface area contributed by atoms with Crippen LogP contribution in [0.2, 0.25) is 0 Å². The van der Waals surface area contributed by atoms with E-state index in [-0.39, 0.29) is 72.6 Å². The lowest BCUT2D eigenvalue weighted by Gasteiger charge is -2.16. The molecule has 5 aromatic carbocycles. The lowest BCUT2D eigenvalue weighted by Crippen LogP contribution is -2.14. The maximum Gasteiger partial charge on any atom is 0.294 e. The normalized spacial score (nSPS) is 12.1. The van der Waals surface area contributed by atoms with E-state index >= 15 is 0 Å². The molecule has 2 heterocycles. The topological polar surface area (TPSA) is 393 Å². The SMILES string of the molecule is Cc1c(C#N)c(Nc2ccc(S(=O)(=O)O)cc2)nc(Nc2ccc(S(=O)(=O)O)cc2)c1/N=N/c1nc(-c2ccc(NC(=O)c3cc(S(=O)(=O)O)cc(S(=O)(=O)O)c3)cc2)c(N=Nc2ccccc2C#N)s1. The molecule has 7 rings (SSSR count). The van der Waals surface area contributed by atoms with Gasteiger partial charge in [0, 0.05) is 33.8 Å². The Balaban J connectivity index is 1.28. The molecule has 0 saturated heterocycles. The predicted molar refractivity (Wildman–Crippen MR) is 254 cm³/mol. The summed E-state index contributed by atoms with van der Waals surface area (Å²) in [6.07, 6.45) is 0. The van der Waals surface area contributed by atoms with Crippen LogP contribution in [0.15, 0.2) is 155 Å². The third-order valence-corrected chi connectivity index (χ3v) is 13.8. The van der Waals surface area contributed by atoms with Gasteiger partial charge in [-0.05, 0) is 97.9 Å². The number of aromatic nitrogens is 2. The van der Waals surface area contributed by atoms with Crippen molar-refractivity contribution in [1.82, 2.24) is 9.97 Å².